The first-order chi connectivity index (χ1) is 17.4. The number of halogens is 1. The number of piperidine rings is 1. The summed E-state index contributed by atoms with van der Waals surface area (Å²) in [5.74, 6) is -0.311. The molecule has 2 fully saturated rings. The molecule has 3 aliphatic rings. The van der Waals surface area contributed by atoms with Crippen molar-refractivity contribution >= 4 is 11.9 Å². The van der Waals surface area contributed by atoms with Gasteiger partial charge in [0.1, 0.15) is 12.4 Å². The molecular formula is C31H30FNO3. The van der Waals surface area contributed by atoms with E-state index in [1.807, 2.05) is 29.2 Å². The smallest absolute Gasteiger partial charge is 0.410 e. The highest BCUT2D eigenvalue weighted by Crippen LogP contribution is 2.45. The van der Waals surface area contributed by atoms with Crippen LogP contribution >= 0.6 is 0 Å². The van der Waals surface area contributed by atoms with Gasteiger partial charge in [-0.3, -0.25) is 4.79 Å². The molecule has 4 nitrogen and oxygen atoms in total. The van der Waals surface area contributed by atoms with Crippen LogP contribution in [-0.2, 0) is 4.74 Å². The summed E-state index contributed by atoms with van der Waals surface area (Å²) in [6.07, 6.45) is 2.77. The Kier molecular flexibility index (Phi) is 5.66. The monoisotopic (exact) mass is 483 g/mol. The topological polar surface area (TPSA) is 46.6 Å². The minimum atomic E-state index is -0.274. The lowest BCUT2D eigenvalue weighted by atomic mass is 9.84. The summed E-state index contributed by atoms with van der Waals surface area (Å²) < 4.78 is 20.0. The second-order valence-electron chi connectivity index (χ2n) is 10.6. The van der Waals surface area contributed by atoms with Crippen molar-refractivity contribution in [1.82, 2.24) is 4.90 Å². The van der Waals surface area contributed by atoms with Crippen LogP contribution in [0.2, 0.25) is 0 Å². The highest BCUT2D eigenvalue weighted by Gasteiger charge is 2.46. The van der Waals surface area contributed by atoms with Crippen LogP contribution in [-0.4, -0.2) is 35.5 Å². The molecule has 0 radical (unpaired) electrons. The number of nitrogens with zero attached hydrogens (tertiary/aromatic N) is 1. The summed E-state index contributed by atoms with van der Waals surface area (Å²) in [6.45, 7) is 3.70. The van der Waals surface area contributed by atoms with Gasteiger partial charge in [-0.2, -0.15) is 0 Å². The second-order valence-corrected chi connectivity index (χ2v) is 10.6. The summed E-state index contributed by atoms with van der Waals surface area (Å²) >= 11 is 0. The molecule has 0 saturated carbocycles. The Morgan fingerprint density at radius 1 is 0.889 bits per heavy atom. The highest BCUT2D eigenvalue weighted by molar-refractivity contribution is 5.98. The zero-order valence-electron chi connectivity index (χ0n) is 20.7. The van der Waals surface area contributed by atoms with Gasteiger partial charge in [0.05, 0.1) is 0 Å². The van der Waals surface area contributed by atoms with Crippen LogP contribution < -0.4 is 0 Å². The molecule has 36 heavy (non-hydrogen) atoms. The maximum absolute atomic E-state index is 14.1. The molecule has 3 aromatic carbocycles. The third-order valence-electron chi connectivity index (χ3n) is 8.37. The van der Waals surface area contributed by atoms with Crippen LogP contribution in [0.5, 0.6) is 0 Å². The number of ketones is 1. The molecule has 1 aliphatic carbocycles. The lowest BCUT2D eigenvalue weighted by molar-refractivity contribution is 0.0506. The van der Waals surface area contributed by atoms with Gasteiger partial charge in [0.25, 0.3) is 0 Å². The summed E-state index contributed by atoms with van der Waals surface area (Å²) in [4.78, 5) is 28.5. The summed E-state index contributed by atoms with van der Waals surface area (Å²) in [6, 6.07) is 20.0. The summed E-state index contributed by atoms with van der Waals surface area (Å²) in [5.41, 5.74) is 6.38. The molecule has 2 aliphatic heterocycles. The zero-order valence-corrected chi connectivity index (χ0v) is 20.7. The van der Waals surface area contributed by atoms with Gasteiger partial charge in [0, 0.05) is 29.5 Å². The quantitative estimate of drug-likeness (QED) is 0.383. The van der Waals surface area contributed by atoms with Crippen molar-refractivity contribution < 1.29 is 18.7 Å². The standard InChI is InChI=1S/C31H30FNO3/c1-18-13-20(14-19(2)29(18)32)30(34)21-15-22-11-12-23(16-21)33(22)31(35)36-17-28-26-9-5-3-7-24(26)25-8-4-6-10-27(25)28/h3-10,13-14,21-23,28H,11-12,15-17H2,1-2H3. The minimum absolute atomic E-state index is 0.0102. The second kappa shape index (κ2) is 8.88. The molecule has 2 bridgehead atoms. The third kappa shape index (κ3) is 3.73. The average molecular weight is 484 g/mol. The Balaban J connectivity index is 1.15. The molecule has 1 amide bonds. The average Bonchev–Trinajstić information content (AvgIpc) is 3.35. The van der Waals surface area contributed by atoms with Gasteiger partial charge in [0.15, 0.2) is 5.78 Å². The van der Waals surface area contributed by atoms with E-state index in [9.17, 15) is 14.0 Å². The van der Waals surface area contributed by atoms with Crippen molar-refractivity contribution in [2.45, 2.75) is 57.5 Å². The van der Waals surface area contributed by atoms with Crippen LogP contribution in [0.1, 0.15) is 64.2 Å². The number of amides is 1. The number of carbonyl (C=O) groups excluding carboxylic acids is 2. The molecular weight excluding hydrogens is 453 g/mol. The summed E-state index contributed by atoms with van der Waals surface area (Å²) in [5, 5.41) is 0. The first-order valence-corrected chi connectivity index (χ1v) is 12.9. The van der Waals surface area contributed by atoms with E-state index in [4.69, 9.17) is 4.74 Å². The molecule has 5 heteroatoms. The highest BCUT2D eigenvalue weighted by atomic mass is 19.1. The van der Waals surface area contributed by atoms with E-state index in [1.54, 1.807) is 26.0 Å². The molecule has 6 rings (SSSR count). The van der Waals surface area contributed by atoms with E-state index in [0.29, 0.717) is 36.1 Å². The van der Waals surface area contributed by atoms with Gasteiger partial charge < -0.3 is 9.64 Å². The zero-order chi connectivity index (χ0) is 25.0. The van der Waals surface area contributed by atoms with E-state index in [2.05, 4.69) is 24.3 Å². The number of fused-ring (bicyclic) bond motifs is 5. The van der Waals surface area contributed by atoms with Gasteiger partial charge in [-0.1, -0.05) is 48.5 Å². The van der Waals surface area contributed by atoms with Crippen LogP contribution in [0.4, 0.5) is 9.18 Å². The first-order valence-electron chi connectivity index (χ1n) is 12.9. The van der Waals surface area contributed by atoms with Crippen molar-refractivity contribution in [3.05, 3.63) is 94.3 Å². The SMILES string of the molecule is Cc1cc(C(=O)C2CC3CCC(C2)N3C(=O)OCC2c3ccccc3-c3ccccc32)cc(C)c1F. The Bertz CT molecular complexity index is 1280. The fraction of sp³-hybridized carbons (Fsp3) is 0.355. The summed E-state index contributed by atoms with van der Waals surface area (Å²) in [7, 11) is 0. The van der Waals surface area contributed by atoms with Crippen molar-refractivity contribution in [1.29, 1.82) is 0 Å². The van der Waals surface area contributed by atoms with E-state index in [1.165, 1.54) is 22.3 Å². The molecule has 2 unspecified atom stereocenters. The lowest BCUT2D eigenvalue weighted by Crippen LogP contribution is -2.48. The molecule has 0 aromatic heterocycles. The Morgan fingerprint density at radius 3 is 1.97 bits per heavy atom. The molecule has 3 aromatic rings. The predicted molar refractivity (Wildman–Crippen MR) is 137 cm³/mol. The Hall–Kier alpha value is -3.47. The van der Waals surface area contributed by atoms with Crippen LogP contribution in [0.25, 0.3) is 11.1 Å². The number of ether oxygens (including phenoxy) is 1. The lowest BCUT2D eigenvalue weighted by Gasteiger charge is -2.37. The van der Waals surface area contributed by atoms with Crippen LogP contribution in [0.15, 0.2) is 60.7 Å². The number of carbonyl (C=O) groups is 2. The molecule has 2 heterocycles. The number of aryl methyl sites for hydroxylation is 2. The normalized spacial score (nSPS) is 22.3. The van der Waals surface area contributed by atoms with E-state index >= 15 is 0 Å². The number of rotatable bonds is 4. The number of benzene rings is 3. The predicted octanol–water partition coefficient (Wildman–Crippen LogP) is 6.82. The number of Topliss-reactive ketones (excluding diaryl/α,β-unsaturated/α-hetero) is 1. The van der Waals surface area contributed by atoms with Crippen molar-refractivity contribution in [2.24, 2.45) is 5.92 Å². The van der Waals surface area contributed by atoms with E-state index < -0.39 is 0 Å². The minimum Gasteiger partial charge on any atom is -0.448 e. The van der Waals surface area contributed by atoms with Gasteiger partial charge in [-0.25, -0.2) is 9.18 Å². The molecule has 0 spiro atoms. The molecule has 0 N–H and O–H groups in total. The Morgan fingerprint density at radius 2 is 1.42 bits per heavy atom. The molecule has 2 atom stereocenters. The van der Waals surface area contributed by atoms with E-state index in [-0.39, 0.29) is 41.6 Å². The van der Waals surface area contributed by atoms with E-state index in [0.717, 1.165) is 12.8 Å². The first kappa shape index (κ1) is 23.0. The molecule has 2 saturated heterocycles. The van der Waals surface area contributed by atoms with Crippen molar-refractivity contribution in [2.75, 3.05) is 6.61 Å². The largest absolute Gasteiger partial charge is 0.448 e. The fourth-order valence-electron chi connectivity index (χ4n) is 6.68. The van der Waals surface area contributed by atoms with Gasteiger partial charge >= 0.3 is 6.09 Å². The number of hydrogen-bond acceptors (Lipinski definition) is 3. The van der Waals surface area contributed by atoms with Gasteiger partial charge in [-0.15, -0.1) is 0 Å². The maximum Gasteiger partial charge on any atom is 0.410 e. The van der Waals surface area contributed by atoms with Crippen molar-refractivity contribution in [3.63, 3.8) is 0 Å². The maximum atomic E-state index is 14.1. The van der Waals surface area contributed by atoms with Crippen LogP contribution in [0, 0.1) is 25.6 Å². The van der Waals surface area contributed by atoms with Gasteiger partial charge in [-0.05, 0) is 85.0 Å². The van der Waals surface area contributed by atoms with Crippen LogP contribution in [0.3, 0.4) is 0 Å². The number of hydrogen-bond donors (Lipinski definition) is 0. The Labute approximate surface area is 211 Å². The van der Waals surface area contributed by atoms with Crippen molar-refractivity contribution in [3.8, 4) is 11.1 Å². The van der Waals surface area contributed by atoms with Gasteiger partial charge in [0.2, 0.25) is 0 Å². The third-order valence-corrected chi connectivity index (χ3v) is 8.37. The molecule has 184 valence electrons. The fourth-order valence-corrected chi connectivity index (χ4v) is 6.68.